The normalized spacial score (nSPS) is 19.2. The van der Waals surface area contributed by atoms with Gasteiger partial charge in [0.05, 0.1) is 6.54 Å². The lowest BCUT2D eigenvalue weighted by Gasteiger charge is -2.29. The molecular formula is C14H21BrClN3O. The van der Waals surface area contributed by atoms with Crippen LogP contribution in [0.25, 0.3) is 0 Å². The lowest BCUT2D eigenvalue weighted by molar-refractivity contribution is -0.117. The van der Waals surface area contributed by atoms with Crippen LogP contribution in [0.2, 0.25) is 0 Å². The van der Waals surface area contributed by atoms with Gasteiger partial charge in [0.25, 0.3) is 0 Å². The molecule has 1 aliphatic heterocycles. The Bertz CT molecular complexity index is 470. The highest BCUT2D eigenvalue weighted by Crippen LogP contribution is 2.20. The number of aryl methyl sites for hydroxylation is 1. The molecule has 20 heavy (non-hydrogen) atoms. The Kier molecular flexibility index (Phi) is 6.95. The zero-order chi connectivity index (χ0) is 13.8. The number of anilines is 1. The number of rotatable bonds is 3. The van der Waals surface area contributed by atoms with E-state index in [1.807, 2.05) is 25.1 Å². The number of piperidine rings is 1. The molecule has 6 heteroatoms. The van der Waals surface area contributed by atoms with E-state index in [0.717, 1.165) is 41.7 Å². The summed E-state index contributed by atoms with van der Waals surface area (Å²) in [6.45, 7) is 4.19. The molecule has 0 bridgehead atoms. The number of nitrogens with zero attached hydrogens (tertiary/aromatic N) is 1. The molecule has 1 aliphatic rings. The van der Waals surface area contributed by atoms with Crippen LogP contribution in [0.3, 0.4) is 0 Å². The van der Waals surface area contributed by atoms with Crippen LogP contribution in [0.15, 0.2) is 22.7 Å². The van der Waals surface area contributed by atoms with Gasteiger partial charge in [-0.3, -0.25) is 9.69 Å². The van der Waals surface area contributed by atoms with E-state index in [-0.39, 0.29) is 24.4 Å². The van der Waals surface area contributed by atoms with Crippen molar-refractivity contribution in [3.8, 4) is 0 Å². The van der Waals surface area contributed by atoms with Gasteiger partial charge in [0.2, 0.25) is 5.91 Å². The van der Waals surface area contributed by atoms with Crippen molar-refractivity contribution in [2.45, 2.75) is 25.8 Å². The summed E-state index contributed by atoms with van der Waals surface area (Å²) in [5, 5.41) is 2.93. The minimum Gasteiger partial charge on any atom is -0.327 e. The molecule has 0 aromatic heterocycles. The van der Waals surface area contributed by atoms with Crippen molar-refractivity contribution in [1.29, 1.82) is 0 Å². The maximum atomic E-state index is 12.0. The third-order valence-corrected chi connectivity index (χ3v) is 4.24. The second-order valence-corrected chi connectivity index (χ2v) is 6.00. The molecule has 0 aliphatic carbocycles. The minimum absolute atomic E-state index is 0. The smallest absolute Gasteiger partial charge is 0.238 e. The molecule has 1 amide bonds. The van der Waals surface area contributed by atoms with Gasteiger partial charge < -0.3 is 11.1 Å². The maximum absolute atomic E-state index is 12.0. The zero-order valence-corrected chi connectivity index (χ0v) is 14.0. The Morgan fingerprint density at radius 3 is 2.95 bits per heavy atom. The van der Waals surface area contributed by atoms with Crippen LogP contribution in [0.4, 0.5) is 5.69 Å². The predicted octanol–water partition coefficient (Wildman–Crippen LogP) is 2.54. The monoisotopic (exact) mass is 361 g/mol. The van der Waals surface area contributed by atoms with Crippen molar-refractivity contribution in [3.63, 3.8) is 0 Å². The molecule has 1 heterocycles. The second kappa shape index (κ2) is 7.98. The van der Waals surface area contributed by atoms with Gasteiger partial charge in [-0.05, 0) is 50.1 Å². The molecule has 0 saturated carbocycles. The first kappa shape index (κ1) is 17.4. The van der Waals surface area contributed by atoms with Gasteiger partial charge in [0.1, 0.15) is 0 Å². The highest BCUT2D eigenvalue weighted by Gasteiger charge is 2.18. The average molecular weight is 363 g/mol. The van der Waals surface area contributed by atoms with Gasteiger partial charge in [-0.15, -0.1) is 12.4 Å². The Labute approximate surface area is 134 Å². The summed E-state index contributed by atoms with van der Waals surface area (Å²) in [5.41, 5.74) is 7.86. The Balaban J connectivity index is 0.00000200. The first-order valence-corrected chi connectivity index (χ1v) is 7.38. The Morgan fingerprint density at radius 2 is 2.30 bits per heavy atom. The average Bonchev–Trinajstić information content (AvgIpc) is 2.34. The summed E-state index contributed by atoms with van der Waals surface area (Å²) in [5.74, 6) is 0.0239. The maximum Gasteiger partial charge on any atom is 0.238 e. The Hall–Kier alpha value is -0.620. The van der Waals surface area contributed by atoms with Crippen molar-refractivity contribution in [2.24, 2.45) is 5.73 Å². The molecular weight excluding hydrogens is 342 g/mol. The minimum atomic E-state index is 0. The van der Waals surface area contributed by atoms with Crippen LogP contribution in [0.1, 0.15) is 18.4 Å². The molecule has 1 aromatic rings. The van der Waals surface area contributed by atoms with E-state index in [2.05, 4.69) is 26.1 Å². The molecule has 2 rings (SSSR count). The molecule has 4 nitrogen and oxygen atoms in total. The van der Waals surface area contributed by atoms with E-state index in [1.165, 1.54) is 0 Å². The van der Waals surface area contributed by atoms with E-state index in [9.17, 15) is 4.79 Å². The van der Waals surface area contributed by atoms with Crippen molar-refractivity contribution < 1.29 is 4.79 Å². The van der Waals surface area contributed by atoms with Crippen LogP contribution in [-0.2, 0) is 4.79 Å². The number of carbonyl (C=O) groups is 1. The standard InChI is InChI=1S/C14H20BrN3O.ClH/c1-10-7-12(4-5-13(10)15)17-14(19)9-18-6-2-3-11(16)8-18;/h4-5,7,11H,2-3,6,8-9,16H2,1H3,(H,17,19);1H. The summed E-state index contributed by atoms with van der Waals surface area (Å²) in [6, 6.07) is 6.01. The van der Waals surface area contributed by atoms with Gasteiger partial charge in [0.15, 0.2) is 0 Å². The van der Waals surface area contributed by atoms with E-state index >= 15 is 0 Å². The number of likely N-dealkylation sites (tertiary alicyclic amines) is 1. The molecule has 0 spiro atoms. The largest absolute Gasteiger partial charge is 0.327 e. The van der Waals surface area contributed by atoms with E-state index < -0.39 is 0 Å². The topological polar surface area (TPSA) is 58.4 Å². The van der Waals surface area contributed by atoms with E-state index in [0.29, 0.717) is 6.54 Å². The highest BCUT2D eigenvalue weighted by atomic mass is 79.9. The molecule has 1 atom stereocenters. The summed E-state index contributed by atoms with van der Waals surface area (Å²) < 4.78 is 1.05. The number of hydrogen-bond donors (Lipinski definition) is 2. The van der Waals surface area contributed by atoms with Gasteiger partial charge in [-0.25, -0.2) is 0 Å². The van der Waals surface area contributed by atoms with Gasteiger partial charge >= 0.3 is 0 Å². The SMILES string of the molecule is Cc1cc(NC(=O)CN2CCCC(N)C2)ccc1Br.Cl. The Morgan fingerprint density at radius 1 is 1.55 bits per heavy atom. The van der Waals surface area contributed by atoms with Gasteiger partial charge in [-0.1, -0.05) is 15.9 Å². The lowest BCUT2D eigenvalue weighted by atomic mass is 10.1. The second-order valence-electron chi connectivity index (χ2n) is 5.15. The predicted molar refractivity (Wildman–Crippen MR) is 88.4 cm³/mol. The quantitative estimate of drug-likeness (QED) is 0.869. The number of amides is 1. The summed E-state index contributed by atoms with van der Waals surface area (Å²) in [6.07, 6.45) is 2.13. The van der Waals surface area contributed by atoms with Crippen LogP contribution in [-0.4, -0.2) is 36.5 Å². The van der Waals surface area contributed by atoms with Crippen molar-refractivity contribution in [3.05, 3.63) is 28.2 Å². The van der Waals surface area contributed by atoms with Crippen LogP contribution < -0.4 is 11.1 Å². The molecule has 112 valence electrons. The molecule has 0 radical (unpaired) electrons. The third kappa shape index (κ3) is 5.05. The fraction of sp³-hybridized carbons (Fsp3) is 0.500. The third-order valence-electron chi connectivity index (χ3n) is 3.35. The van der Waals surface area contributed by atoms with Crippen molar-refractivity contribution >= 4 is 39.9 Å². The molecule has 1 aromatic carbocycles. The molecule has 1 fully saturated rings. The summed E-state index contributed by atoms with van der Waals surface area (Å²) >= 11 is 3.45. The number of halogens is 2. The van der Waals surface area contributed by atoms with Crippen LogP contribution >= 0.6 is 28.3 Å². The first-order chi connectivity index (χ1) is 9.04. The molecule has 3 N–H and O–H groups in total. The zero-order valence-electron chi connectivity index (χ0n) is 11.6. The number of carbonyl (C=O) groups excluding carboxylic acids is 1. The van der Waals surface area contributed by atoms with Crippen molar-refractivity contribution in [2.75, 3.05) is 25.0 Å². The van der Waals surface area contributed by atoms with Crippen LogP contribution in [0, 0.1) is 6.92 Å². The van der Waals surface area contributed by atoms with Gasteiger partial charge in [0, 0.05) is 22.7 Å². The number of nitrogens with one attached hydrogen (secondary N) is 1. The fourth-order valence-corrected chi connectivity index (χ4v) is 2.61. The molecule has 1 unspecified atom stereocenters. The number of nitrogens with two attached hydrogens (primary N) is 1. The number of hydrogen-bond acceptors (Lipinski definition) is 3. The first-order valence-electron chi connectivity index (χ1n) is 6.58. The van der Waals surface area contributed by atoms with E-state index in [1.54, 1.807) is 0 Å². The fourth-order valence-electron chi connectivity index (χ4n) is 2.36. The summed E-state index contributed by atoms with van der Waals surface area (Å²) in [7, 11) is 0. The molecule has 1 saturated heterocycles. The van der Waals surface area contributed by atoms with Crippen molar-refractivity contribution in [1.82, 2.24) is 4.90 Å². The number of benzene rings is 1. The summed E-state index contributed by atoms with van der Waals surface area (Å²) in [4.78, 5) is 14.1. The van der Waals surface area contributed by atoms with Crippen LogP contribution in [0.5, 0.6) is 0 Å². The lowest BCUT2D eigenvalue weighted by Crippen LogP contribution is -2.45. The highest BCUT2D eigenvalue weighted by molar-refractivity contribution is 9.10. The van der Waals surface area contributed by atoms with E-state index in [4.69, 9.17) is 5.73 Å². The van der Waals surface area contributed by atoms with Gasteiger partial charge in [-0.2, -0.15) is 0 Å².